The van der Waals surface area contributed by atoms with Gasteiger partial charge in [0.15, 0.2) is 0 Å². The standard InChI is InChI=1S/C17H16ClNO4/c18-15-9-13(20)7-5-11(15)6-8-16(21)19-10-12-3-1-2-4-14(12)17(22)23/h1-5,7,9,20H,6,8,10H2,(H,19,21)(H,22,23). The van der Waals surface area contributed by atoms with Crippen molar-refractivity contribution in [2.75, 3.05) is 0 Å². The highest BCUT2D eigenvalue weighted by atomic mass is 35.5. The maximum atomic E-state index is 11.9. The Bertz CT molecular complexity index is 730. The highest BCUT2D eigenvalue weighted by Crippen LogP contribution is 2.22. The largest absolute Gasteiger partial charge is 0.508 e. The van der Waals surface area contributed by atoms with Crippen LogP contribution in [0.1, 0.15) is 27.9 Å². The predicted molar refractivity (Wildman–Crippen MR) is 86.7 cm³/mol. The van der Waals surface area contributed by atoms with Crippen LogP contribution in [0.25, 0.3) is 0 Å². The van der Waals surface area contributed by atoms with Gasteiger partial charge in [0.05, 0.1) is 5.56 Å². The second kappa shape index (κ2) is 7.65. The zero-order chi connectivity index (χ0) is 16.8. The number of nitrogens with one attached hydrogen (secondary N) is 1. The molecule has 1 amide bonds. The van der Waals surface area contributed by atoms with Crippen LogP contribution in [-0.4, -0.2) is 22.1 Å². The monoisotopic (exact) mass is 333 g/mol. The number of carbonyl (C=O) groups is 2. The molecule has 23 heavy (non-hydrogen) atoms. The van der Waals surface area contributed by atoms with E-state index in [4.69, 9.17) is 16.7 Å². The lowest BCUT2D eigenvalue weighted by molar-refractivity contribution is -0.121. The van der Waals surface area contributed by atoms with Gasteiger partial charge in [-0.25, -0.2) is 4.79 Å². The number of aromatic hydroxyl groups is 1. The molecule has 0 fully saturated rings. The summed E-state index contributed by atoms with van der Waals surface area (Å²) in [5.41, 5.74) is 1.50. The molecular formula is C17H16ClNO4. The Morgan fingerprint density at radius 3 is 2.52 bits per heavy atom. The molecule has 0 atom stereocenters. The van der Waals surface area contributed by atoms with Gasteiger partial charge in [-0.2, -0.15) is 0 Å². The summed E-state index contributed by atoms with van der Waals surface area (Å²) >= 11 is 5.98. The zero-order valence-electron chi connectivity index (χ0n) is 12.3. The summed E-state index contributed by atoms with van der Waals surface area (Å²) in [4.78, 5) is 23.0. The summed E-state index contributed by atoms with van der Waals surface area (Å²) < 4.78 is 0. The molecule has 2 aromatic rings. The summed E-state index contributed by atoms with van der Waals surface area (Å²) in [6, 6.07) is 11.1. The van der Waals surface area contributed by atoms with Gasteiger partial charge in [0.1, 0.15) is 5.75 Å². The Morgan fingerprint density at radius 2 is 1.83 bits per heavy atom. The average Bonchev–Trinajstić information content (AvgIpc) is 2.52. The second-order valence-electron chi connectivity index (χ2n) is 5.01. The first-order chi connectivity index (χ1) is 11.0. The molecule has 0 aliphatic rings. The molecule has 0 bridgehead atoms. The molecular weight excluding hydrogens is 318 g/mol. The van der Waals surface area contributed by atoms with Crippen LogP contribution >= 0.6 is 11.6 Å². The van der Waals surface area contributed by atoms with Crippen LogP contribution in [0.5, 0.6) is 5.75 Å². The lowest BCUT2D eigenvalue weighted by Crippen LogP contribution is -2.24. The number of amides is 1. The van der Waals surface area contributed by atoms with E-state index in [1.807, 2.05) is 0 Å². The molecule has 2 rings (SSSR count). The van der Waals surface area contributed by atoms with E-state index in [1.54, 1.807) is 24.3 Å². The van der Waals surface area contributed by atoms with Crippen molar-refractivity contribution in [3.63, 3.8) is 0 Å². The third-order valence-electron chi connectivity index (χ3n) is 3.38. The number of phenols is 1. The number of carboxylic acid groups (broad SMARTS) is 1. The number of aromatic carboxylic acids is 1. The Morgan fingerprint density at radius 1 is 1.09 bits per heavy atom. The quantitative estimate of drug-likeness (QED) is 0.758. The van der Waals surface area contributed by atoms with Crippen molar-refractivity contribution < 1.29 is 19.8 Å². The van der Waals surface area contributed by atoms with Crippen LogP contribution in [0.3, 0.4) is 0 Å². The maximum Gasteiger partial charge on any atom is 0.336 e. The molecule has 0 aromatic heterocycles. The van der Waals surface area contributed by atoms with E-state index in [-0.39, 0.29) is 30.2 Å². The number of aryl methyl sites for hydroxylation is 1. The van der Waals surface area contributed by atoms with Gasteiger partial charge in [0.25, 0.3) is 0 Å². The SMILES string of the molecule is O=C(CCc1ccc(O)cc1Cl)NCc1ccccc1C(=O)O. The van der Waals surface area contributed by atoms with E-state index in [1.165, 1.54) is 18.2 Å². The summed E-state index contributed by atoms with van der Waals surface area (Å²) in [6.45, 7) is 0.157. The summed E-state index contributed by atoms with van der Waals surface area (Å²) in [6.07, 6.45) is 0.658. The number of phenolic OH excluding ortho intramolecular Hbond substituents is 1. The van der Waals surface area contributed by atoms with Crippen molar-refractivity contribution in [2.24, 2.45) is 0 Å². The van der Waals surface area contributed by atoms with Crippen molar-refractivity contribution in [3.8, 4) is 5.75 Å². The van der Waals surface area contributed by atoms with E-state index in [0.29, 0.717) is 17.0 Å². The van der Waals surface area contributed by atoms with Crippen molar-refractivity contribution in [1.82, 2.24) is 5.32 Å². The Labute approximate surface area is 138 Å². The van der Waals surface area contributed by atoms with Gasteiger partial charge in [-0.15, -0.1) is 0 Å². The smallest absolute Gasteiger partial charge is 0.336 e. The van der Waals surface area contributed by atoms with Crippen LogP contribution in [-0.2, 0) is 17.8 Å². The molecule has 6 heteroatoms. The molecule has 0 saturated heterocycles. The molecule has 0 aliphatic heterocycles. The minimum absolute atomic E-state index is 0.0773. The first-order valence-electron chi connectivity index (χ1n) is 7.02. The summed E-state index contributed by atoms with van der Waals surface area (Å²) in [7, 11) is 0. The van der Waals surface area contributed by atoms with Crippen LogP contribution < -0.4 is 5.32 Å². The molecule has 0 unspecified atom stereocenters. The van der Waals surface area contributed by atoms with Crippen molar-refractivity contribution in [1.29, 1.82) is 0 Å². The topological polar surface area (TPSA) is 86.6 Å². The zero-order valence-corrected chi connectivity index (χ0v) is 13.0. The summed E-state index contributed by atoms with van der Waals surface area (Å²) in [5.74, 6) is -1.14. The molecule has 0 heterocycles. The molecule has 0 spiro atoms. The third-order valence-corrected chi connectivity index (χ3v) is 3.73. The number of carbonyl (C=O) groups excluding carboxylic acids is 1. The van der Waals surface area contributed by atoms with Crippen molar-refractivity contribution >= 4 is 23.5 Å². The van der Waals surface area contributed by atoms with Crippen molar-refractivity contribution in [2.45, 2.75) is 19.4 Å². The molecule has 0 saturated carbocycles. The molecule has 0 aliphatic carbocycles. The number of rotatable bonds is 6. The summed E-state index contributed by atoms with van der Waals surface area (Å²) in [5, 5.41) is 21.5. The van der Waals surface area contributed by atoms with Gasteiger partial charge in [-0.1, -0.05) is 35.9 Å². The van der Waals surface area contributed by atoms with Gasteiger partial charge in [-0.3, -0.25) is 4.79 Å². The number of carboxylic acids is 1. The van der Waals surface area contributed by atoms with Crippen LogP contribution in [0.4, 0.5) is 0 Å². The van der Waals surface area contributed by atoms with E-state index in [0.717, 1.165) is 5.56 Å². The van der Waals surface area contributed by atoms with Crippen molar-refractivity contribution in [3.05, 3.63) is 64.2 Å². The Kier molecular flexibility index (Phi) is 5.60. The van der Waals surface area contributed by atoms with E-state index >= 15 is 0 Å². The number of benzene rings is 2. The first-order valence-corrected chi connectivity index (χ1v) is 7.40. The second-order valence-corrected chi connectivity index (χ2v) is 5.42. The van der Waals surface area contributed by atoms with Gasteiger partial charge in [0, 0.05) is 18.0 Å². The fraction of sp³-hybridized carbons (Fsp3) is 0.176. The number of halogens is 1. The fourth-order valence-electron chi connectivity index (χ4n) is 2.15. The maximum absolute atomic E-state index is 11.9. The molecule has 3 N–H and O–H groups in total. The number of hydrogen-bond donors (Lipinski definition) is 3. The normalized spacial score (nSPS) is 10.3. The highest BCUT2D eigenvalue weighted by molar-refractivity contribution is 6.31. The van der Waals surface area contributed by atoms with Gasteiger partial charge in [-0.05, 0) is 35.7 Å². The fourth-order valence-corrected chi connectivity index (χ4v) is 2.42. The van der Waals surface area contributed by atoms with Crippen LogP contribution in [0, 0.1) is 0 Å². The van der Waals surface area contributed by atoms with Crippen LogP contribution in [0.2, 0.25) is 5.02 Å². The van der Waals surface area contributed by atoms with E-state index < -0.39 is 5.97 Å². The minimum atomic E-state index is -1.02. The molecule has 5 nitrogen and oxygen atoms in total. The lowest BCUT2D eigenvalue weighted by atomic mass is 10.1. The molecule has 2 aromatic carbocycles. The van der Waals surface area contributed by atoms with Gasteiger partial charge < -0.3 is 15.5 Å². The average molecular weight is 334 g/mol. The Hall–Kier alpha value is -2.53. The van der Waals surface area contributed by atoms with E-state index in [2.05, 4.69) is 5.32 Å². The molecule has 120 valence electrons. The lowest BCUT2D eigenvalue weighted by Gasteiger charge is -2.09. The number of hydrogen-bond acceptors (Lipinski definition) is 3. The first kappa shape index (κ1) is 16.8. The van der Waals surface area contributed by atoms with Crippen LogP contribution in [0.15, 0.2) is 42.5 Å². The predicted octanol–water partition coefficient (Wildman–Crippen LogP) is 2.99. The van der Waals surface area contributed by atoms with Gasteiger partial charge >= 0.3 is 5.97 Å². The third kappa shape index (κ3) is 4.72. The Balaban J connectivity index is 1.90. The molecule has 0 radical (unpaired) electrons. The highest BCUT2D eigenvalue weighted by Gasteiger charge is 2.10. The minimum Gasteiger partial charge on any atom is -0.508 e. The van der Waals surface area contributed by atoms with Gasteiger partial charge in [0.2, 0.25) is 5.91 Å². The van der Waals surface area contributed by atoms with E-state index in [9.17, 15) is 14.7 Å².